The molecule has 0 aromatic heterocycles. The minimum Gasteiger partial charge on any atom is -0.389 e. The summed E-state index contributed by atoms with van der Waals surface area (Å²) in [4.78, 5) is 16.7. The van der Waals surface area contributed by atoms with E-state index >= 15 is 0 Å². The van der Waals surface area contributed by atoms with Gasteiger partial charge in [0.25, 0.3) is 5.91 Å². The minimum absolute atomic E-state index is 0.143. The quantitative estimate of drug-likeness (QED) is 0.709. The zero-order valence-electron chi connectivity index (χ0n) is 14.1. The summed E-state index contributed by atoms with van der Waals surface area (Å²) in [5.74, 6) is 0.630. The molecule has 1 rings (SSSR count). The van der Waals surface area contributed by atoms with E-state index in [4.69, 9.17) is 0 Å². The van der Waals surface area contributed by atoms with Crippen molar-refractivity contribution in [2.45, 2.75) is 84.3 Å². The number of carbonyl (C=O) groups is 1. The number of amides is 1. The smallest absolute Gasteiger partial charge is 0.265 e. The molecular formula is C17H32N2O2. The zero-order chi connectivity index (χ0) is 15.9. The van der Waals surface area contributed by atoms with E-state index in [1.54, 1.807) is 13.8 Å². The second-order valence-electron chi connectivity index (χ2n) is 7.01. The Hall–Kier alpha value is -0.900. The van der Waals surface area contributed by atoms with Gasteiger partial charge in [-0.1, -0.05) is 39.0 Å². The number of hydrogen-bond acceptors (Lipinski definition) is 3. The van der Waals surface area contributed by atoms with Crippen molar-refractivity contribution in [3.63, 3.8) is 0 Å². The third-order valence-corrected chi connectivity index (χ3v) is 4.05. The molecule has 0 aromatic rings. The average Bonchev–Trinajstić information content (AvgIpc) is 2.42. The summed E-state index contributed by atoms with van der Waals surface area (Å²) < 4.78 is 0. The van der Waals surface area contributed by atoms with Crippen LogP contribution >= 0.6 is 0 Å². The highest BCUT2D eigenvalue weighted by Crippen LogP contribution is 2.28. The van der Waals surface area contributed by atoms with Crippen molar-refractivity contribution in [3.05, 3.63) is 0 Å². The largest absolute Gasteiger partial charge is 0.389 e. The monoisotopic (exact) mass is 296 g/mol. The van der Waals surface area contributed by atoms with Crippen molar-refractivity contribution in [3.8, 4) is 0 Å². The topological polar surface area (TPSA) is 61.7 Å². The van der Waals surface area contributed by atoms with Crippen LogP contribution in [-0.2, 0) is 4.79 Å². The summed E-state index contributed by atoms with van der Waals surface area (Å²) in [5, 5.41) is 12.4. The van der Waals surface area contributed by atoms with Gasteiger partial charge in [0, 0.05) is 12.6 Å². The van der Waals surface area contributed by atoms with Crippen LogP contribution in [0.2, 0.25) is 0 Å². The first-order chi connectivity index (χ1) is 9.81. The molecule has 1 aliphatic rings. The Labute approximate surface area is 129 Å². The van der Waals surface area contributed by atoms with Crippen molar-refractivity contribution in [2.24, 2.45) is 10.9 Å². The molecule has 0 spiro atoms. The van der Waals surface area contributed by atoms with Gasteiger partial charge >= 0.3 is 0 Å². The Bertz CT molecular complexity index is 352. The summed E-state index contributed by atoms with van der Waals surface area (Å²) in [7, 11) is 0. The zero-order valence-corrected chi connectivity index (χ0v) is 14.1. The van der Waals surface area contributed by atoms with E-state index in [1.165, 1.54) is 32.1 Å². The van der Waals surface area contributed by atoms with Gasteiger partial charge in [0.15, 0.2) is 0 Å². The fraction of sp³-hybridized carbons (Fsp3) is 0.882. The van der Waals surface area contributed by atoms with Gasteiger partial charge in [-0.2, -0.15) is 0 Å². The summed E-state index contributed by atoms with van der Waals surface area (Å²) in [5.41, 5.74) is -0.287. The van der Waals surface area contributed by atoms with Crippen LogP contribution in [0, 0.1) is 5.92 Å². The third-order valence-electron chi connectivity index (χ3n) is 4.05. The van der Waals surface area contributed by atoms with Gasteiger partial charge in [-0.15, -0.1) is 0 Å². The number of rotatable bonds is 7. The van der Waals surface area contributed by atoms with E-state index in [9.17, 15) is 9.90 Å². The Kier molecular flexibility index (Phi) is 7.36. The van der Waals surface area contributed by atoms with Crippen LogP contribution in [0.5, 0.6) is 0 Å². The number of nitrogens with zero attached hydrogens (tertiary/aromatic N) is 1. The van der Waals surface area contributed by atoms with E-state index in [-0.39, 0.29) is 18.5 Å². The molecule has 4 heteroatoms. The van der Waals surface area contributed by atoms with Gasteiger partial charge < -0.3 is 10.4 Å². The normalized spacial score (nSPS) is 19.4. The van der Waals surface area contributed by atoms with Crippen LogP contribution < -0.4 is 5.32 Å². The first-order valence-electron chi connectivity index (χ1n) is 8.39. The van der Waals surface area contributed by atoms with Gasteiger partial charge in [-0.3, -0.25) is 9.79 Å². The predicted octanol–water partition coefficient (Wildman–Crippen LogP) is 3.08. The molecule has 122 valence electrons. The van der Waals surface area contributed by atoms with E-state index in [0.29, 0.717) is 12.1 Å². The second kappa shape index (κ2) is 8.52. The fourth-order valence-electron chi connectivity index (χ4n) is 2.93. The van der Waals surface area contributed by atoms with E-state index < -0.39 is 5.60 Å². The molecule has 0 heterocycles. The molecular weight excluding hydrogens is 264 g/mol. The lowest BCUT2D eigenvalue weighted by Gasteiger charge is -2.23. The maximum Gasteiger partial charge on any atom is 0.265 e. The molecule has 1 atom stereocenters. The van der Waals surface area contributed by atoms with Crippen molar-refractivity contribution in [2.75, 3.05) is 6.54 Å². The van der Waals surface area contributed by atoms with E-state index in [0.717, 1.165) is 12.3 Å². The molecule has 0 aliphatic heterocycles. The molecule has 1 saturated carbocycles. The number of nitrogens with one attached hydrogen (secondary N) is 1. The van der Waals surface area contributed by atoms with Crippen LogP contribution in [0.4, 0.5) is 0 Å². The van der Waals surface area contributed by atoms with E-state index in [1.807, 2.05) is 6.92 Å². The molecule has 21 heavy (non-hydrogen) atoms. The molecule has 1 aliphatic carbocycles. The van der Waals surface area contributed by atoms with Crippen LogP contribution in [0.25, 0.3) is 0 Å². The summed E-state index contributed by atoms with van der Waals surface area (Å²) >= 11 is 0. The maximum atomic E-state index is 12.1. The van der Waals surface area contributed by atoms with Gasteiger partial charge in [0.1, 0.15) is 0 Å². The number of hydrogen-bond donors (Lipinski definition) is 2. The first-order valence-corrected chi connectivity index (χ1v) is 8.39. The highest BCUT2D eigenvalue weighted by atomic mass is 16.3. The summed E-state index contributed by atoms with van der Waals surface area (Å²) in [6, 6.07) is 0.205. The number of aliphatic imine (C=N–C) groups is 1. The minimum atomic E-state index is -0.887. The molecule has 0 radical (unpaired) electrons. The molecule has 1 fully saturated rings. The number of carbonyl (C=O) groups excluding carboxylic acids is 1. The van der Waals surface area contributed by atoms with E-state index in [2.05, 4.69) is 17.2 Å². The van der Waals surface area contributed by atoms with Crippen LogP contribution in [0.1, 0.15) is 72.6 Å². The Morgan fingerprint density at radius 3 is 2.48 bits per heavy atom. The molecule has 0 bridgehead atoms. The van der Waals surface area contributed by atoms with Crippen molar-refractivity contribution in [1.82, 2.24) is 5.32 Å². The van der Waals surface area contributed by atoms with Crippen LogP contribution in [0.3, 0.4) is 0 Å². The van der Waals surface area contributed by atoms with Gasteiger partial charge in [0.05, 0.1) is 11.3 Å². The highest BCUT2D eigenvalue weighted by Gasteiger charge is 2.19. The Morgan fingerprint density at radius 1 is 1.33 bits per heavy atom. The lowest BCUT2D eigenvalue weighted by molar-refractivity contribution is -0.115. The lowest BCUT2D eigenvalue weighted by Crippen LogP contribution is -2.41. The van der Waals surface area contributed by atoms with Gasteiger partial charge in [0.2, 0.25) is 0 Å². The van der Waals surface area contributed by atoms with Gasteiger partial charge in [-0.25, -0.2) is 0 Å². The molecule has 1 amide bonds. The average molecular weight is 296 g/mol. The second-order valence-corrected chi connectivity index (χ2v) is 7.01. The van der Waals surface area contributed by atoms with Gasteiger partial charge in [-0.05, 0) is 39.5 Å². The fourth-order valence-corrected chi connectivity index (χ4v) is 2.93. The Morgan fingerprint density at radius 2 is 1.95 bits per heavy atom. The molecule has 0 saturated heterocycles. The molecule has 1 unspecified atom stereocenters. The van der Waals surface area contributed by atoms with Crippen LogP contribution in [-0.4, -0.2) is 34.9 Å². The van der Waals surface area contributed by atoms with Crippen molar-refractivity contribution < 1.29 is 9.90 Å². The maximum absolute atomic E-state index is 12.1. The SMILES string of the molecule is CCC(=NC(C)CC1CCCCC1)C(=O)NCC(C)(C)O. The highest BCUT2D eigenvalue weighted by molar-refractivity contribution is 6.38. The number of aliphatic hydroxyl groups is 1. The third kappa shape index (κ3) is 7.60. The van der Waals surface area contributed by atoms with Crippen LogP contribution in [0.15, 0.2) is 4.99 Å². The molecule has 4 nitrogen and oxygen atoms in total. The molecule has 2 N–H and O–H groups in total. The lowest BCUT2D eigenvalue weighted by atomic mass is 9.85. The van der Waals surface area contributed by atoms with Crippen molar-refractivity contribution in [1.29, 1.82) is 0 Å². The first kappa shape index (κ1) is 18.1. The standard InChI is InChI=1S/C17H32N2O2/c1-5-15(16(20)18-12-17(3,4)21)19-13(2)11-14-9-7-6-8-10-14/h13-14,21H,5-12H2,1-4H3,(H,18,20). The summed E-state index contributed by atoms with van der Waals surface area (Å²) in [6.45, 7) is 7.68. The molecule has 0 aromatic carbocycles. The predicted molar refractivity (Wildman–Crippen MR) is 87.7 cm³/mol. The Balaban J connectivity index is 2.50. The van der Waals surface area contributed by atoms with Crippen molar-refractivity contribution >= 4 is 11.6 Å². The summed E-state index contributed by atoms with van der Waals surface area (Å²) in [6.07, 6.45) is 8.39.